The minimum atomic E-state index is 0.457. The van der Waals surface area contributed by atoms with Gasteiger partial charge in [-0.2, -0.15) is 0 Å². The minimum Gasteiger partial charge on any atom is -0.376 e. The van der Waals surface area contributed by atoms with Crippen molar-refractivity contribution >= 4 is 0 Å². The molecular weight excluding hydrogens is 210 g/mol. The lowest BCUT2D eigenvalue weighted by molar-refractivity contribution is -0.0417. The van der Waals surface area contributed by atoms with Crippen molar-refractivity contribution in [3.8, 4) is 0 Å². The molecule has 2 saturated carbocycles. The number of rotatable bonds is 6. The second-order valence-corrected chi connectivity index (χ2v) is 6.36. The first-order chi connectivity index (χ1) is 8.20. The van der Waals surface area contributed by atoms with Crippen LogP contribution in [0.4, 0.5) is 0 Å². The van der Waals surface area contributed by atoms with Crippen molar-refractivity contribution in [2.75, 3.05) is 13.2 Å². The normalized spacial score (nSPS) is 38.3. The SMILES string of the molecule is CCCNC1CC(C)CC(C)C1OCC1CC1. The molecule has 17 heavy (non-hydrogen) atoms. The summed E-state index contributed by atoms with van der Waals surface area (Å²) in [6.45, 7) is 9.13. The van der Waals surface area contributed by atoms with Crippen molar-refractivity contribution in [2.45, 2.75) is 65.0 Å². The minimum absolute atomic E-state index is 0.457. The number of hydrogen-bond acceptors (Lipinski definition) is 2. The summed E-state index contributed by atoms with van der Waals surface area (Å²) in [7, 11) is 0. The zero-order valence-corrected chi connectivity index (χ0v) is 11.7. The van der Waals surface area contributed by atoms with Gasteiger partial charge in [0, 0.05) is 12.6 Å². The average Bonchev–Trinajstić information content (AvgIpc) is 3.08. The van der Waals surface area contributed by atoms with Gasteiger partial charge in [0.2, 0.25) is 0 Å². The molecule has 0 bridgehead atoms. The average molecular weight is 239 g/mol. The van der Waals surface area contributed by atoms with Crippen LogP contribution in [-0.4, -0.2) is 25.3 Å². The fraction of sp³-hybridized carbons (Fsp3) is 1.00. The maximum atomic E-state index is 6.21. The Bertz CT molecular complexity index is 227. The molecule has 4 unspecified atom stereocenters. The lowest BCUT2D eigenvalue weighted by Gasteiger charge is -2.40. The molecule has 1 N–H and O–H groups in total. The van der Waals surface area contributed by atoms with Crippen LogP contribution in [0.25, 0.3) is 0 Å². The lowest BCUT2D eigenvalue weighted by atomic mass is 9.78. The molecule has 2 nitrogen and oxygen atoms in total. The Hall–Kier alpha value is -0.0800. The summed E-state index contributed by atoms with van der Waals surface area (Å²) in [4.78, 5) is 0. The topological polar surface area (TPSA) is 21.3 Å². The van der Waals surface area contributed by atoms with Gasteiger partial charge >= 0.3 is 0 Å². The Balaban J connectivity index is 1.85. The van der Waals surface area contributed by atoms with Crippen LogP contribution in [0, 0.1) is 17.8 Å². The molecule has 4 atom stereocenters. The molecule has 0 radical (unpaired) electrons. The van der Waals surface area contributed by atoms with E-state index in [2.05, 4.69) is 26.1 Å². The van der Waals surface area contributed by atoms with Gasteiger partial charge in [-0.1, -0.05) is 20.8 Å². The maximum absolute atomic E-state index is 6.21. The molecule has 2 aliphatic carbocycles. The van der Waals surface area contributed by atoms with Gasteiger partial charge in [-0.3, -0.25) is 0 Å². The summed E-state index contributed by atoms with van der Waals surface area (Å²) in [5.74, 6) is 2.44. The Kier molecular flexibility index (Phi) is 4.87. The smallest absolute Gasteiger partial charge is 0.0753 e. The lowest BCUT2D eigenvalue weighted by Crippen LogP contribution is -2.49. The second kappa shape index (κ2) is 6.19. The first-order valence-corrected chi connectivity index (χ1v) is 7.55. The summed E-state index contributed by atoms with van der Waals surface area (Å²) in [6.07, 6.45) is 7.08. The van der Waals surface area contributed by atoms with Crippen LogP contribution in [0.2, 0.25) is 0 Å². The van der Waals surface area contributed by atoms with Gasteiger partial charge in [-0.15, -0.1) is 0 Å². The highest BCUT2D eigenvalue weighted by Crippen LogP contribution is 2.34. The van der Waals surface area contributed by atoms with E-state index in [0.29, 0.717) is 18.1 Å². The molecule has 100 valence electrons. The zero-order valence-electron chi connectivity index (χ0n) is 11.7. The molecule has 0 amide bonds. The van der Waals surface area contributed by atoms with E-state index in [1.54, 1.807) is 0 Å². The van der Waals surface area contributed by atoms with Gasteiger partial charge < -0.3 is 10.1 Å². The van der Waals surface area contributed by atoms with Crippen LogP contribution in [0.3, 0.4) is 0 Å². The first kappa shape index (κ1) is 13.4. The van der Waals surface area contributed by atoms with E-state index in [-0.39, 0.29) is 0 Å². The standard InChI is InChI=1S/C15H29NO/c1-4-7-16-14-9-11(2)8-12(3)15(14)17-10-13-5-6-13/h11-16H,4-10H2,1-3H3. The Morgan fingerprint density at radius 2 is 1.94 bits per heavy atom. The van der Waals surface area contributed by atoms with Crippen molar-refractivity contribution in [1.29, 1.82) is 0 Å². The van der Waals surface area contributed by atoms with E-state index < -0.39 is 0 Å². The van der Waals surface area contributed by atoms with Crippen LogP contribution < -0.4 is 5.32 Å². The summed E-state index contributed by atoms with van der Waals surface area (Å²) in [6, 6.07) is 0.590. The summed E-state index contributed by atoms with van der Waals surface area (Å²) < 4.78 is 6.21. The molecule has 0 spiro atoms. The van der Waals surface area contributed by atoms with Crippen LogP contribution in [0.1, 0.15) is 52.9 Å². The summed E-state index contributed by atoms with van der Waals surface area (Å²) in [5.41, 5.74) is 0. The summed E-state index contributed by atoms with van der Waals surface area (Å²) >= 11 is 0. The van der Waals surface area contributed by atoms with Gasteiger partial charge in [-0.05, 0) is 56.4 Å². The molecule has 2 heteroatoms. The fourth-order valence-corrected chi connectivity index (χ4v) is 3.17. The number of hydrogen-bond donors (Lipinski definition) is 1. The Morgan fingerprint density at radius 3 is 2.59 bits per heavy atom. The third kappa shape index (κ3) is 3.96. The quantitative estimate of drug-likeness (QED) is 0.768. The number of ether oxygens (including phenoxy) is 1. The van der Waals surface area contributed by atoms with E-state index in [4.69, 9.17) is 4.74 Å². The van der Waals surface area contributed by atoms with Gasteiger partial charge in [0.25, 0.3) is 0 Å². The van der Waals surface area contributed by atoms with Gasteiger partial charge in [-0.25, -0.2) is 0 Å². The predicted octanol–water partition coefficient (Wildman–Crippen LogP) is 3.22. The van der Waals surface area contributed by atoms with E-state index in [1.165, 1.54) is 32.1 Å². The second-order valence-electron chi connectivity index (χ2n) is 6.36. The summed E-state index contributed by atoms with van der Waals surface area (Å²) in [5, 5.41) is 3.70. The van der Waals surface area contributed by atoms with E-state index in [0.717, 1.165) is 25.0 Å². The highest BCUT2D eigenvalue weighted by atomic mass is 16.5. The third-order valence-electron chi connectivity index (χ3n) is 4.27. The fourth-order valence-electron chi connectivity index (χ4n) is 3.17. The van der Waals surface area contributed by atoms with Gasteiger partial charge in [0.15, 0.2) is 0 Å². The largest absolute Gasteiger partial charge is 0.376 e. The monoisotopic (exact) mass is 239 g/mol. The van der Waals surface area contributed by atoms with E-state index in [9.17, 15) is 0 Å². The molecule has 0 aromatic rings. The van der Waals surface area contributed by atoms with Crippen LogP contribution in [-0.2, 0) is 4.74 Å². The van der Waals surface area contributed by atoms with Crippen LogP contribution >= 0.6 is 0 Å². The molecular formula is C15H29NO. The molecule has 2 rings (SSSR count). The first-order valence-electron chi connectivity index (χ1n) is 7.55. The third-order valence-corrected chi connectivity index (χ3v) is 4.27. The van der Waals surface area contributed by atoms with Crippen molar-refractivity contribution in [1.82, 2.24) is 5.32 Å². The van der Waals surface area contributed by atoms with Crippen LogP contribution in [0.5, 0.6) is 0 Å². The highest BCUT2D eigenvalue weighted by Gasteiger charge is 2.35. The van der Waals surface area contributed by atoms with E-state index in [1.807, 2.05) is 0 Å². The molecule has 0 aromatic heterocycles. The Labute approximate surface area is 107 Å². The highest BCUT2D eigenvalue weighted by molar-refractivity contribution is 4.89. The van der Waals surface area contributed by atoms with Gasteiger partial charge in [0.1, 0.15) is 0 Å². The Morgan fingerprint density at radius 1 is 1.18 bits per heavy atom. The molecule has 2 fully saturated rings. The van der Waals surface area contributed by atoms with Gasteiger partial charge in [0.05, 0.1) is 6.10 Å². The van der Waals surface area contributed by atoms with Crippen LogP contribution in [0.15, 0.2) is 0 Å². The molecule has 0 aliphatic heterocycles. The van der Waals surface area contributed by atoms with Crippen molar-refractivity contribution in [3.05, 3.63) is 0 Å². The zero-order chi connectivity index (χ0) is 12.3. The van der Waals surface area contributed by atoms with E-state index >= 15 is 0 Å². The van der Waals surface area contributed by atoms with Crippen molar-refractivity contribution < 1.29 is 4.74 Å². The van der Waals surface area contributed by atoms with Crippen molar-refractivity contribution in [3.63, 3.8) is 0 Å². The molecule has 0 saturated heterocycles. The predicted molar refractivity (Wildman–Crippen MR) is 72.1 cm³/mol. The molecule has 2 aliphatic rings. The maximum Gasteiger partial charge on any atom is 0.0753 e. The number of nitrogens with one attached hydrogen (secondary N) is 1. The molecule has 0 heterocycles. The molecule has 0 aromatic carbocycles. The van der Waals surface area contributed by atoms with Crippen molar-refractivity contribution in [2.24, 2.45) is 17.8 Å².